The predicted octanol–water partition coefficient (Wildman–Crippen LogP) is 4.03. The molecule has 0 aliphatic rings. The second kappa shape index (κ2) is 4.83. The number of benzene rings is 1. The molecule has 1 aromatic heterocycles. The Balaban J connectivity index is 2.39. The van der Waals surface area contributed by atoms with E-state index >= 15 is 0 Å². The molecule has 0 saturated carbocycles. The van der Waals surface area contributed by atoms with E-state index < -0.39 is 0 Å². The van der Waals surface area contributed by atoms with Crippen LogP contribution < -0.4 is 0 Å². The van der Waals surface area contributed by atoms with Gasteiger partial charge in [-0.05, 0) is 30.5 Å². The maximum Gasteiger partial charge on any atom is 0.0568 e. The fourth-order valence-electron chi connectivity index (χ4n) is 1.77. The molecule has 0 amide bonds. The highest BCUT2D eigenvalue weighted by atomic mass is 79.9. The first-order valence-corrected chi connectivity index (χ1v) is 6.29. The molecule has 2 aromatic rings. The van der Waals surface area contributed by atoms with Gasteiger partial charge in [0.15, 0.2) is 0 Å². The third kappa shape index (κ3) is 2.19. The summed E-state index contributed by atoms with van der Waals surface area (Å²) in [5.41, 5.74) is 3.70. The van der Waals surface area contributed by atoms with Crippen LogP contribution in [-0.4, -0.2) is 9.78 Å². The molecule has 0 aliphatic heterocycles. The van der Waals surface area contributed by atoms with Crippen LogP contribution in [0.1, 0.15) is 18.9 Å². The molecule has 0 aliphatic carbocycles. The van der Waals surface area contributed by atoms with E-state index in [2.05, 4.69) is 59.3 Å². The van der Waals surface area contributed by atoms with Crippen molar-refractivity contribution in [3.63, 3.8) is 0 Å². The lowest BCUT2D eigenvalue weighted by atomic mass is 10.0. The standard InChI is InChI=1S/C13H15BrN2/c1-3-7-16-9-11(8-15-16)12-5-4-6-13(14)10(12)2/h4-6,8-9H,3,7H2,1-2H3. The molecule has 0 saturated heterocycles. The van der Waals surface area contributed by atoms with E-state index in [1.165, 1.54) is 16.7 Å². The van der Waals surface area contributed by atoms with Gasteiger partial charge in [0.25, 0.3) is 0 Å². The number of hydrogen-bond donors (Lipinski definition) is 0. The highest BCUT2D eigenvalue weighted by Crippen LogP contribution is 2.28. The summed E-state index contributed by atoms with van der Waals surface area (Å²) in [4.78, 5) is 0. The van der Waals surface area contributed by atoms with E-state index in [0.717, 1.165) is 17.4 Å². The maximum absolute atomic E-state index is 4.35. The molecule has 16 heavy (non-hydrogen) atoms. The summed E-state index contributed by atoms with van der Waals surface area (Å²) < 4.78 is 3.14. The van der Waals surface area contributed by atoms with E-state index in [0.29, 0.717) is 0 Å². The quantitative estimate of drug-likeness (QED) is 0.829. The van der Waals surface area contributed by atoms with Crippen LogP contribution in [0.4, 0.5) is 0 Å². The van der Waals surface area contributed by atoms with Crippen molar-refractivity contribution in [2.45, 2.75) is 26.8 Å². The third-order valence-corrected chi connectivity index (χ3v) is 3.52. The Kier molecular flexibility index (Phi) is 3.44. The smallest absolute Gasteiger partial charge is 0.0568 e. The van der Waals surface area contributed by atoms with Crippen LogP contribution in [0.25, 0.3) is 11.1 Å². The summed E-state index contributed by atoms with van der Waals surface area (Å²) in [6.07, 6.45) is 5.15. The molecular formula is C13H15BrN2. The molecule has 2 nitrogen and oxygen atoms in total. The lowest BCUT2D eigenvalue weighted by Gasteiger charge is -2.04. The number of hydrogen-bond acceptors (Lipinski definition) is 1. The average Bonchev–Trinajstić information content (AvgIpc) is 2.71. The van der Waals surface area contributed by atoms with Gasteiger partial charge in [0.1, 0.15) is 0 Å². The second-order valence-corrected chi connectivity index (χ2v) is 4.76. The molecular weight excluding hydrogens is 264 g/mol. The zero-order valence-electron chi connectivity index (χ0n) is 9.57. The molecule has 0 bridgehead atoms. The van der Waals surface area contributed by atoms with Crippen LogP contribution in [0, 0.1) is 6.92 Å². The largest absolute Gasteiger partial charge is 0.272 e. The Labute approximate surface area is 104 Å². The van der Waals surface area contributed by atoms with E-state index in [-0.39, 0.29) is 0 Å². The molecule has 84 valence electrons. The van der Waals surface area contributed by atoms with Crippen molar-refractivity contribution in [3.8, 4) is 11.1 Å². The highest BCUT2D eigenvalue weighted by Gasteiger charge is 2.06. The van der Waals surface area contributed by atoms with Crippen molar-refractivity contribution in [1.82, 2.24) is 9.78 Å². The summed E-state index contributed by atoms with van der Waals surface area (Å²) in [5.74, 6) is 0. The van der Waals surface area contributed by atoms with E-state index in [1.54, 1.807) is 0 Å². The maximum atomic E-state index is 4.35. The number of aromatic nitrogens is 2. The van der Waals surface area contributed by atoms with Crippen LogP contribution in [0.2, 0.25) is 0 Å². The first kappa shape index (κ1) is 11.4. The van der Waals surface area contributed by atoms with Crippen molar-refractivity contribution in [3.05, 3.63) is 40.6 Å². The first-order chi connectivity index (χ1) is 7.72. The van der Waals surface area contributed by atoms with Crippen molar-refractivity contribution in [2.75, 3.05) is 0 Å². The van der Waals surface area contributed by atoms with Gasteiger partial charge in [-0.3, -0.25) is 4.68 Å². The number of halogens is 1. The summed E-state index contributed by atoms with van der Waals surface area (Å²) in [6, 6.07) is 6.26. The minimum atomic E-state index is 0.979. The highest BCUT2D eigenvalue weighted by molar-refractivity contribution is 9.10. The molecule has 0 N–H and O–H groups in total. The van der Waals surface area contributed by atoms with E-state index in [1.807, 2.05) is 10.9 Å². The minimum absolute atomic E-state index is 0.979. The van der Waals surface area contributed by atoms with Gasteiger partial charge in [-0.2, -0.15) is 5.10 Å². The number of aryl methyl sites for hydroxylation is 1. The van der Waals surface area contributed by atoms with E-state index in [9.17, 15) is 0 Å². The molecule has 0 radical (unpaired) electrons. The Bertz CT molecular complexity index is 488. The fourth-order valence-corrected chi connectivity index (χ4v) is 2.14. The van der Waals surface area contributed by atoms with Crippen molar-refractivity contribution in [2.24, 2.45) is 0 Å². The van der Waals surface area contributed by atoms with Crippen LogP contribution >= 0.6 is 15.9 Å². The van der Waals surface area contributed by atoms with Gasteiger partial charge in [0, 0.05) is 22.8 Å². The summed E-state index contributed by atoms with van der Waals surface area (Å²) in [6.45, 7) is 5.26. The minimum Gasteiger partial charge on any atom is -0.272 e. The SMILES string of the molecule is CCCn1cc(-c2cccc(Br)c2C)cn1. The molecule has 1 aromatic carbocycles. The Morgan fingerprint density at radius 1 is 1.38 bits per heavy atom. The lowest BCUT2D eigenvalue weighted by molar-refractivity contribution is 0.603. The summed E-state index contributed by atoms with van der Waals surface area (Å²) >= 11 is 3.55. The van der Waals surface area contributed by atoms with Gasteiger partial charge in [0.05, 0.1) is 6.20 Å². The number of rotatable bonds is 3. The van der Waals surface area contributed by atoms with Gasteiger partial charge in [0.2, 0.25) is 0 Å². The monoisotopic (exact) mass is 278 g/mol. The topological polar surface area (TPSA) is 17.8 Å². The van der Waals surface area contributed by atoms with Gasteiger partial charge < -0.3 is 0 Å². The molecule has 2 rings (SSSR count). The van der Waals surface area contributed by atoms with Crippen LogP contribution in [0.5, 0.6) is 0 Å². The van der Waals surface area contributed by atoms with Gasteiger partial charge in [-0.1, -0.05) is 35.0 Å². The Hall–Kier alpha value is -1.09. The molecule has 3 heteroatoms. The Morgan fingerprint density at radius 2 is 2.19 bits per heavy atom. The second-order valence-electron chi connectivity index (χ2n) is 3.90. The van der Waals surface area contributed by atoms with Gasteiger partial charge in [-0.15, -0.1) is 0 Å². The fraction of sp³-hybridized carbons (Fsp3) is 0.308. The predicted molar refractivity (Wildman–Crippen MR) is 70.4 cm³/mol. The first-order valence-electron chi connectivity index (χ1n) is 5.50. The number of nitrogens with zero attached hydrogens (tertiary/aromatic N) is 2. The zero-order valence-corrected chi connectivity index (χ0v) is 11.2. The normalized spacial score (nSPS) is 10.7. The van der Waals surface area contributed by atoms with Crippen LogP contribution in [-0.2, 0) is 6.54 Å². The average molecular weight is 279 g/mol. The summed E-state index contributed by atoms with van der Waals surface area (Å²) in [7, 11) is 0. The van der Waals surface area contributed by atoms with Gasteiger partial charge >= 0.3 is 0 Å². The lowest BCUT2D eigenvalue weighted by Crippen LogP contribution is -1.95. The van der Waals surface area contributed by atoms with E-state index in [4.69, 9.17) is 0 Å². The molecule has 0 atom stereocenters. The molecule has 0 fully saturated rings. The molecule has 1 heterocycles. The van der Waals surface area contributed by atoms with Crippen LogP contribution in [0.3, 0.4) is 0 Å². The van der Waals surface area contributed by atoms with Gasteiger partial charge in [-0.25, -0.2) is 0 Å². The third-order valence-electron chi connectivity index (χ3n) is 2.66. The molecule has 0 spiro atoms. The zero-order chi connectivity index (χ0) is 11.5. The van der Waals surface area contributed by atoms with Crippen molar-refractivity contribution >= 4 is 15.9 Å². The Morgan fingerprint density at radius 3 is 2.94 bits per heavy atom. The molecule has 0 unspecified atom stereocenters. The summed E-state index contributed by atoms with van der Waals surface area (Å²) in [5, 5.41) is 4.35. The van der Waals surface area contributed by atoms with Crippen LogP contribution in [0.15, 0.2) is 35.1 Å². The van der Waals surface area contributed by atoms with Crippen molar-refractivity contribution < 1.29 is 0 Å². The van der Waals surface area contributed by atoms with Crippen molar-refractivity contribution in [1.29, 1.82) is 0 Å².